The topological polar surface area (TPSA) is 42.4 Å². The maximum atomic E-state index is 12.5. The minimum atomic E-state index is -4.26. The first-order chi connectivity index (χ1) is 9.35. The van der Waals surface area contributed by atoms with Gasteiger partial charge >= 0.3 is 12.1 Å². The van der Waals surface area contributed by atoms with Gasteiger partial charge in [0.2, 0.25) is 0 Å². The molecule has 0 fully saturated rings. The molecule has 1 heterocycles. The molecule has 20 heavy (non-hydrogen) atoms. The highest BCUT2D eigenvalue weighted by atomic mass is 32.1. The number of carbonyl (C=O) groups excluding carboxylic acids is 1. The van der Waals surface area contributed by atoms with Crippen LogP contribution in [0.2, 0.25) is 0 Å². The van der Waals surface area contributed by atoms with Crippen molar-refractivity contribution in [1.29, 1.82) is 0 Å². The van der Waals surface area contributed by atoms with Crippen LogP contribution >= 0.6 is 11.3 Å². The van der Waals surface area contributed by atoms with E-state index in [1.807, 2.05) is 6.92 Å². The maximum absolute atomic E-state index is 12.5. The zero-order valence-electron chi connectivity index (χ0n) is 11.4. The average Bonchev–Trinajstić information content (AvgIpc) is 2.82. The van der Waals surface area contributed by atoms with Crippen LogP contribution in [0.15, 0.2) is 5.38 Å². The summed E-state index contributed by atoms with van der Waals surface area (Å²) in [5, 5.41) is 2.01. The number of nitrogens with zero attached hydrogens (tertiary/aromatic N) is 2. The Morgan fingerprint density at radius 2 is 2.20 bits per heavy atom. The predicted molar refractivity (Wildman–Crippen MR) is 71.0 cm³/mol. The molecule has 0 spiro atoms. The van der Waals surface area contributed by atoms with Crippen molar-refractivity contribution in [2.75, 3.05) is 25.1 Å². The normalized spacial score (nSPS) is 11.4. The van der Waals surface area contributed by atoms with Crippen molar-refractivity contribution in [3.8, 4) is 0 Å². The molecule has 0 unspecified atom stereocenters. The number of halogens is 3. The van der Waals surface area contributed by atoms with Gasteiger partial charge in [-0.2, -0.15) is 13.2 Å². The molecule has 0 aliphatic carbocycles. The molecular formula is C12H17F3N2O2S. The summed E-state index contributed by atoms with van der Waals surface area (Å²) in [4.78, 5) is 16.4. The first kappa shape index (κ1) is 16.7. The Bertz CT molecular complexity index is 435. The van der Waals surface area contributed by atoms with Gasteiger partial charge in [-0.3, -0.25) is 4.79 Å². The second-order valence-electron chi connectivity index (χ2n) is 4.23. The minimum absolute atomic E-state index is 0.173. The molecule has 0 atom stereocenters. The third kappa shape index (κ3) is 5.77. The van der Waals surface area contributed by atoms with Gasteiger partial charge in [-0.25, -0.2) is 4.98 Å². The molecule has 0 saturated carbocycles. The van der Waals surface area contributed by atoms with Crippen LogP contribution in [-0.4, -0.2) is 37.3 Å². The van der Waals surface area contributed by atoms with Gasteiger partial charge in [-0.15, -0.1) is 11.3 Å². The predicted octanol–water partition coefficient (Wildman–Crippen LogP) is 3.03. The molecule has 1 aromatic heterocycles. The standard InChI is InChI=1S/C12H17F3N2O2S/c1-3-6-17(8-12(13,14)15)11-16-9(7-20-11)4-5-10(18)19-2/h7H,3-6,8H2,1-2H3. The van der Waals surface area contributed by atoms with E-state index < -0.39 is 12.7 Å². The third-order valence-corrected chi connectivity index (χ3v) is 3.44. The molecule has 1 aromatic rings. The van der Waals surface area contributed by atoms with E-state index in [4.69, 9.17) is 0 Å². The lowest BCUT2D eigenvalue weighted by Crippen LogP contribution is -2.34. The molecule has 0 bridgehead atoms. The van der Waals surface area contributed by atoms with Crippen LogP contribution in [0, 0.1) is 0 Å². The first-order valence-corrected chi connectivity index (χ1v) is 7.06. The fraction of sp³-hybridized carbons (Fsp3) is 0.667. The van der Waals surface area contributed by atoms with Gasteiger partial charge in [0.25, 0.3) is 0 Å². The highest BCUT2D eigenvalue weighted by Gasteiger charge is 2.31. The minimum Gasteiger partial charge on any atom is -0.469 e. The van der Waals surface area contributed by atoms with Crippen molar-refractivity contribution in [2.24, 2.45) is 0 Å². The van der Waals surface area contributed by atoms with Crippen molar-refractivity contribution in [1.82, 2.24) is 4.98 Å². The van der Waals surface area contributed by atoms with E-state index in [1.165, 1.54) is 12.0 Å². The van der Waals surface area contributed by atoms with Crippen molar-refractivity contribution >= 4 is 22.4 Å². The maximum Gasteiger partial charge on any atom is 0.406 e. The number of aryl methyl sites for hydroxylation is 1. The summed E-state index contributed by atoms with van der Waals surface area (Å²) in [6.45, 7) is 1.10. The van der Waals surface area contributed by atoms with Crippen LogP contribution in [0.25, 0.3) is 0 Å². The van der Waals surface area contributed by atoms with E-state index in [0.717, 1.165) is 11.3 Å². The second-order valence-corrected chi connectivity index (χ2v) is 5.07. The van der Waals surface area contributed by atoms with Crippen LogP contribution in [0.5, 0.6) is 0 Å². The van der Waals surface area contributed by atoms with Gasteiger partial charge in [0.1, 0.15) is 6.54 Å². The van der Waals surface area contributed by atoms with Crippen LogP contribution in [0.1, 0.15) is 25.5 Å². The van der Waals surface area contributed by atoms with Crippen molar-refractivity contribution in [3.63, 3.8) is 0 Å². The monoisotopic (exact) mass is 310 g/mol. The van der Waals surface area contributed by atoms with Gasteiger partial charge in [-0.1, -0.05) is 6.92 Å². The largest absolute Gasteiger partial charge is 0.469 e. The molecule has 8 heteroatoms. The molecule has 0 saturated heterocycles. The van der Waals surface area contributed by atoms with E-state index in [1.54, 1.807) is 5.38 Å². The lowest BCUT2D eigenvalue weighted by Gasteiger charge is -2.22. The number of thiazole rings is 1. The Morgan fingerprint density at radius 1 is 1.50 bits per heavy atom. The molecule has 1 rings (SSSR count). The number of ether oxygens (including phenoxy) is 1. The number of rotatable bonds is 7. The molecule has 0 N–H and O–H groups in total. The lowest BCUT2D eigenvalue weighted by molar-refractivity contribution is -0.140. The Balaban J connectivity index is 2.68. The highest BCUT2D eigenvalue weighted by Crippen LogP contribution is 2.26. The van der Waals surface area contributed by atoms with E-state index in [9.17, 15) is 18.0 Å². The highest BCUT2D eigenvalue weighted by molar-refractivity contribution is 7.13. The third-order valence-electron chi connectivity index (χ3n) is 2.49. The number of alkyl halides is 3. The molecular weight excluding hydrogens is 293 g/mol. The summed E-state index contributed by atoms with van der Waals surface area (Å²) in [7, 11) is 1.29. The number of methoxy groups -OCH3 is 1. The summed E-state index contributed by atoms with van der Waals surface area (Å²) in [6, 6.07) is 0. The molecule has 0 amide bonds. The van der Waals surface area contributed by atoms with Crippen LogP contribution in [0.4, 0.5) is 18.3 Å². The smallest absolute Gasteiger partial charge is 0.406 e. The Labute approximate surface area is 119 Å². The van der Waals surface area contributed by atoms with Crippen LogP contribution < -0.4 is 4.90 Å². The summed E-state index contributed by atoms with van der Waals surface area (Å²) < 4.78 is 42.0. The molecule has 114 valence electrons. The van der Waals surface area contributed by atoms with Gasteiger partial charge in [0, 0.05) is 18.3 Å². The summed E-state index contributed by atoms with van der Waals surface area (Å²) in [5.74, 6) is -0.361. The summed E-state index contributed by atoms with van der Waals surface area (Å²) in [6.07, 6.45) is -3.11. The first-order valence-electron chi connectivity index (χ1n) is 6.18. The molecule has 4 nitrogen and oxygen atoms in total. The summed E-state index contributed by atoms with van der Waals surface area (Å²) in [5.41, 5.74) is 0.610. The van der Waals surface area contributed by atoms with E-state index >= 15 is 0 Å². The van der Waals surface area contributed by atoms with Crippen molar-refractivity contribution in [2.45, 2.75) is 32.4 Å². The Morgan fingerprint density at radius 3 is 2.75 bits per heavy atom. The summed E-state index contributed by atoms with van der Waals surface area (Å²) >= 11 is 1.16. The lowest BCUT2D eigenvalue weighted by atomic mass is 10.2. The number of anilines is 1. The van der Waals surface area contributed by atoms with Crippen molar-refractivity contribution < 1.29 is 22.7 Å². The SMILES string of the molecule is CCCN(CC(F)(F)F)c1nc(CCC(=O)OC)cs1. The number of hydrogen-bond acceptors (Lipinski definition) is 5. The second kappa shape index (κ2) is 7.47. The quantitative estimate of drug-likeness (QED) is 0.726. The van der Waals surface area contributed by atoms with E-state index in [0.29, 0.717) is 30.2 Å². The van der Waals surface area contributed by atoms with Gasteiger partial charge in [-0.05, 0) is 6.42 Å². The molecule has 0 aliphatic rings. The Hall–Kier alpha value is -1.31. The number of hydrogen-bond donors (Lipinski definition) is 0. The van der Waals surface area contributed by atoms with Gasteiger partial charge in [0.15, 0.2) is 5.13 Å². The van der Waals surface area contributed by atoms with Gasteiger partial charge in [0.05, 0.1) is 19.2 Å². The van der Waals surface area contributed by atoms with Gasteiger partial charge < -0.3 is 9.64 Å². The van der Waals surface area contributed by atoms with E-state index in [-0.39, 0.29) is 12.4 Å². The van der Waals surface area contributed by atoms with E-state index in [2.05, 4.69) is 9.72 Å². The average molecular weight is 310 g/mol. The fourth-order valence-corrected chi connectivity index (χ4v) is 2.50. The zero-order chi connectivity index (χ0) is 15.2. The van der Waals surface area contributed by atoms with Crippen LogP contribution in [-0.2, 0) is 16.0 Å². The molecule has 0 radical (unpaired) electrons. The van der Waals surface area contributed by atoms with Crippen molar-refractivity contribution in [3.05, 3.63) is 11.1 Å². The zero-order valence-corrected chi connectivity index (χ0v) is 12.2. The fourth-order valence-electron chi connectivity index (χ4n) is 1.62. The Kier molecular flexibility index (Phi) is 6.25. The molecule has 0 aromatic carbocycles. The molecule has 0 aliphatic heterocycles. The number of esters is 1. The van der Waals surface area contributed by atoms with Crippen LogP contribution in [0.3, 0.4) is 0 Å². The number of carbonyl (C=O) groups is 1. The number of aromatic nitrogens is 1.